The van der Waals surface area contributed by atoms with Gasteiger partial charge in [0.1, 0.15) is 10.8 Å². The molecule has 3 rings (SSSR count). The van der Waals surface area contributed by atoms with Gasteiger partial charge in [0.2, 0.25) is 0 Å². The Labute approximate surface area is 167 Å². The van der Waals surface area contributed by atoms with Gasteiger partial charge < -0.3 is 15.4 Å². The average molecular weight is 395 g/mol. The normalized spacial score (nSPS) is 10.4. The number of methoxy groups -OCH3 is 1. The van der Waals surface area contributed by atoms with Gasteiger partial charge in [0, 0.05) is 29.1 Å². The van der Waals surface area contributed by atoms with Crippen molar-refractivity contribution in [2.24, 2.45) is 0 Å². The SMILES string of the molecule is COc1ccc(NC(=O)C(=O)NCCc2sc(-c3ccccc3)nc2C)cc1. The molecule has 3 aromatic rings. The molecule has 0 saturated carbocycles. The van der Waals surface area contributed by atoms with Crippen LogP contribution in [0.5, 0.6) is 5.75 Å². The van der Waals surface area contributed by atoms with E-state index in [0.29, 0.717) is 24.4 Å². The van der Waals surface area contributed by atoms with E-state index < -0.39 is 11.8 Å². The summed E-state index contributed by atoms with van der Waals surface area (Å²) in [5, 5.41) is 6.17. The summed E-state index contributed by atoms with van der Waals surface area (Å²) < 4.78 is 5.06. The first-order valence-corrected chi connectivity index (χ1v) is 9.63. The van der Waals surface area contributed by atoms with Crippen molar-refractivity contribution in [3.8, 4) is 16.3 Å². The third-order valence-corrected chi connectivity index (χ3v) is 5.37. The molecule has 0 aliphatic rings. The van der Waals surface area contributed by atoms with Crippen molar-refractivity contribution >= 4 is 28.8 Å². The number of carbonyl (C=O) groups is 2. The zero-order valence-corrected chi connectivity index (χ0v) is 16.5. The highest BCUT2D eigenvalue weighted by Gasteiger charge is 2.14. The van der Waals surface area contributed by atoms with Crippen LogP contribution in [-0.4, -0.2) is 30.5 Å². The number of carbonyl (C=O) groups excluding carboxylic acids is 2. The predicted molar refractivity (Wildman–Crippen MR) is 111 cm³/mol. The van der Waals surface area contributed by atoms with Crippen molar-refractivity contribution in [3.05, 3.63) is 65.2 Å². The van der Waals surface area contributed by atoms with E-state index in [1.54, 1.807) is 42.7 Å². The lowest BCUT2D eigenvalue weighted by atomic mass is 10.2. The van der Waals surface area contributed by atoms with E-state index in [4.69, 9.17) is 4.74 Å². The van der Waals surface area contributed by atoms with Gasteiger partial charge in [-0.2, -0.15) is 0 Å². The highest BCUT2D eigenvalue weighted by atomic mass is 32.1. The van der Waals surface area contributed by atoms with E-state index >= 15 is 0 Å². The summed E-state index contributed by atoms with van der Waals surface area (Å²) in [4.78, 5) is 29.7. The van der Waals surface area contributed by atoms with Gasteiger partial charge in [0.15, 0.2) is 0 Å². The number of amides is 2. The van der Waals surface area contributed by atoms with E-state index in [-0.39, 0.29) is 0 Å². The van der Waals surface area contributed by atoms with Gasteiger partial charge in [-0.3, -0.25) is 9.59 Å². The number of anilines is 1. The molecule has 0 atom stereocenters. The number of aryl methyl sites for hydroxylation is 1. The molecule has 1 aromatic heterocycles. The monoisotopic (exact) mass is 395 g/mol. The first kappa shape index (κ1) is 19.6. The Bertz CT molecular complexity index is 953. The first-order chi connectivity index (χ1) is 13.6. The van der Waals surface area contributed by atoms with Crippen LogP contribution in [0.2, 0.25) is 0 Å². The van der Waals surface area contributed by atoms with E-state index in [1.165, 1.54) is 0 Å². The Kier molecular flexibility index (Phi) is 6.39. The maximum atomic E-state index is 12.0. The molecule has 0 radical (unpaired) electrons. The van der Waals surface area contributed by atoms with E-state index in [9.17, 15) is 9.59 Å². The van der Waals surface area contributed by atoms with Gasteiger partial charge in [-0.15, -0.1) is 11.3 Å². The average Bonchev–Trinajstić information content (AvgIpc) is 3.09. The molecule has 144 valence electrons. The smallest absolute Gasteiger partial charge is 0.313 e. The van der Waals surface area contributed by atoms with Crippen molar-refractivity contribution in [3.63, 3.8) is 0 Å². The van der Waals surface area contributed by atoms with E-state index in [0.717, 1.165) is 21.1 Å². The number of benzene rings is 2. The van der Waals surface area contributed by atoms with Crippen LogP contribution >= 0.6 is 11.3 Å². The maximum Gasteiger partial charge on any atom is 0.313 e. The molecule has 0 aliphatic heterocycles. The molecule has 6 nitrogen and oxygen atoms in total. The molecule has 28 heavy (non-hydrogen) atoms. The van der Waals surface area contributed by atoms with Crippen LogP contribution in [0.15, 0.2) is 54.6 Å². The molecule has 0 unspecified atom stereocenters. The molecule has 0 aliphatic carbocycles. The Morgan fingerprint density at radius 3 is 2.43 bits per heavy atom. The fourth-order valence-electron chi connectivity index (χ4n) is 2.60. The summed E-state index contributed by atoms with van der Waals surface area (Å²) in [5.74, 6) is -0.685. The molecule has 0 fully saturated rings. The second-order valence-electron chi connectivity index (χ2n) is 6.08. The van der Waals surface area contributed by atoms with Gasteiger partial charge in [-0.1, -0.05) is 30.3 Å². The van der Waals surface area contributed by atoms with Crippen LogP contribution in [0.4, 0.5) is 5.69 Å². The fourth-order valence-corrected chi connectivity index (χ4v) is 3.66. The molecular formula is C21H21N3O3S. The Morgan fingerprint density at radius 2 is 1.75 bits per heavy atom. The van der Waals surface area contributed by atoms with Crippen molar-refractivity contribution in [2.75, 3.05) is 19.0 Å². The second-order valence-corrected chi connectivity index (χ2v) is 7.17. The molecule has 2 amide bonds. The largest absolute Gasteiger partial charge is 0.497 e. The van der Waals surface area contributed by atoms with Crippen molar-refractivity contribution < 1.29 is 14.3 Å². The molecule has 0 spiro atoms. The van der Waals surface area contributed by atoms with Crippen molar-refractivity contribution in [2.45, 2.75) is 13.3 Å². The van der Waals surface area contributed by atoms with Gasteiger partial charge >= 0.3 is 11.8 Å². The minimum absolute atomic E-state index is 0.367. The van der Waals surface area contributed by atoms with E-state index in [2.05, 4.69) is 15.6 Å². The van der Waals surface area contributed by atoms with Crippen LogP contribution in [-0.2, 0) is 16.0 Å². The highest BCUT2D eigenvalue weighted by molar-refractivity contribution is 7.15. The number of hydrogen-bond acceptors (Lipinski definition) is 5. The summed E-state index contributed by atoms with van der Waals surface area (Å²) in [7, 11) is 1.56. The van der Waals surface area contributed by atoms with Crippen LogP contribution in [0.25, 0.3) is 10.6 Å². The van der Waals surface area contributed by atoms with Crippen LogP contribution in [0, 0.1) is 6.92 Å². The topological polar surface area (TPSA) is 80.3 Å². The Balaban J connectivity index is 1.51. The number of thiazole rings is 1. The molecule has 7 heteroatoms. The van der Waals surface area contributed by atoms with Gasteiger partial charge in [0.05, 0.1) is 12.8 Å². The lowest BCUT2D eigenvalue weighted by molar-refractivity contribution is -0.136. The predicted octanol–water partition coefficient (Wildman–Crippen LogP) is 3.42. The fraction of sp³-hybridized carbons (Fsp3) is 0.190. The number of nitrogens with one attached hydrogen (secondary N) is 2. The molecule has 0 bridgehead atoms. The zero-order chi connectivity index (χ0) is 19.9. The molecular weight excluding hydrogens is 374 g/mol. The number of aromatic nitrogens is 1. The Hall–Kier alpha value is -3.19. The third kappa shape index (κ3) is 4.95. The third-order valence-electron chi connectivity index (χ3n) is 4.11. The molecule has 2 N–H and O–H groups in total. The Morgan fingerprint density at radius 1 is 1.04 bits per heavy atom. The van der Waals surface area contributed by atoms with Crippen LogP contribution in [0.1, 0.15) is 10.6 Å². The quantitative estimate of drug-likeness (QED) is 0.627. The number of nitrogens with zero attached hydrogens (tertiary/aromatic N) is 1. The summed E-state index contributed by atoms with van der Waals surface area (Å²) in [5.41, 5.74) is 2.55. The van der Waals surface area contributed by atoms with Crippen LogP contribution in [0.3, 0.4) is 0 Å². The molecule has 2 aromatic carbocycles. The van der Waals surface area contributed by atoms with Crippen LogP contribution < -0.4 is 15.4 Å². The maximum absolute atomic E-state index is 12.0. The number of rotatable bonds is 6. The van der Waals surface area contributed by atoms with Crippen molar-refractivity contribution in [1.29, 1.82) is 0 Å². The standard InChI is InChI=1S/C21H21N3O3S/c1-14-18(28-21(23-14)15-6-4-3-5-7-15)12-13-22-19(25)20(26)24-16-8-10-17(27-2)11-9-16/h3-11H,12-13H2,1-2H3,(H,22,25)(H,24,26). The van der Waals surface area contributed by atoms with Gasteiger partial charge in [-0.05, 0) is 31.2 Å². The van der Waals surface area contributed by atoms with E-state index in [1.807, 2.05) is 37.3 Å². The zero-order valence-electron chi connectivity index (χ0n) is 15.7. The molecule has 1 heterocycles. The lowest BCUT2D eigenvalue weighted by Gasteiger charge is -2.07. The first-order valence-electron chi connectivity index (χ1n) is 8.82. The second kappa shape index (κ2) is 9.14. The lowest BCUT2D eigenvalue weighted by Crippen LogP contribution is -2.36. The summed E-state index contributed by atoms with van der Waals surface area (Å²) in [6, 6.07) is 16.7. The van der Waals surface area contributed by atoms with Gasteiger partial charge in [0.25, 0.3) is 0 Å². The summed E-state index contributed by atoms with van der Waals surface area (Å²) in [6.07, 6.45) is 0.623. The summed E-state index contributed by atoms with van der Waals surface area (Å²) in [6.45, 7) is 2.32. The molecule has 0 saturated heterocycles. The minimum atomic E-state index is -0.698. The number of hydrogen-bond donors (Lipinski definition) is 2. The highest BCUT2D eigenvalue weighted by Crippen LogP contribution is 2.27. The minimum Gasteiger partial charge on any atom is -0.497 e. The van der Waals surface area contributed by atoms with Gasteiger partial charge in [-0.25, -0.2) is 4.98 Å². The summed E-state index contributed by atoms with van der Waals surface area (Å²) >= 11 is 1.60. The van der Waals surface area contributed by atoms with Crippen molar-refractivity contribution in [1.82, 2.24) is 10.3 Å². The number of ether oxygens (including phenoxy) is 1.